The first-order chi connectivity index (χ1) is 17.6. The first-order valence-corrected chi connectivity index (χ1v) is 12.5. The zero-order chi connectivity index (χ0) is 24.7. The Labute approximate surface area is 211 Å². The molecule has 6 rings (SSSR count). The van der Waals surface area contributed by atoms with Crippen molar-refractivity contribution in [3.05, 3.63) is 131 Å². The van der Waals surface area contributed by atoms with Crippen molar-refractivity contribution in [2.45, 2.75) is 37.1 Å². The van der Waals surface area contributed by atoms with E-state index in [4.69, 9.17) is 4.74 Å². The fourth-order valence-corrected chi connectivity index (χ4v) is 6.37. The van der Waals surface area contributed by atoms with Crippen LogP contribution in [0.15, 0.2) is 109 Å². The van der Waals surface area contributed by atoms with Gasteiger partial charge in [-0.2, -0.15) is 0 Å². The van der Waals surface area contributed by atoms with Gasteiger partial charge in [0.25, 0.3) is 0 Å². The summed E-state index contributed by atoms with van der Waals surface area (Å²) in [5.74, 6) is -0.375. The van der Waals surface area contributed by atoms with Gasteiger partial charge in [-0.05, 0) is 39.8 Å². The number of hydrogen-bond acceptors (Lipinski definition) is 4. The summed E-state index contributed by atoms with van der Waals surface area (Å²) in [7, 11) is 0. The van der Waals surface area contributed by atoms with E-state index < -0.39 is 17.7 Å². The summed E-state index contributed by atoms with van der Waals surface area (Å²) in [5, 5.41) is 11.4. The molecule has 1 saturated heterocycles. The van der Waals surface area contributed by atoms with Gasteiger partial charge in [-0.3, -0.25) is 9.69 Å². The van der Waals surface area contributed by atoms with Gasteiger partial charge in [0.2, 0.25) is 0 Å². The van der Waals surface area contributed by atoms with Crippen LogP contribution < -0.4 is 0 Å². The van der Waals surface area contributed by atoms with Crippen LogP contribution in [-0.4, -0.2) is 40.8 Å². The van der Waals surface area contributed by atoms with Crippen molar-refractivity contribution in [1.82, 2.24) is 4.90 Å². The highest BCUT2D eigenvalue weighted by molar-refractivity contribution is 5.83. The Kier molecular flexibility index (Phi) is 5.71. The van der Waals surface area contributed by atoms with Crippen LogP contribution in [0.5, 0.6) is 0 Å². The second kappa shape index (κ2) is 9.05. The fraction of sp³-hybridized carbons (Fsp3) is 0.219. The molecule has 0 amide bonds. The van der Waals surface area contributed by atoms with E-state index in [1.807, 2.05) is 24.3 Å². The summed E-state index contributed by atoms with van der Waals surface area (Å²) in [5.41, 5.74) is 6.40. The van der Waals surface area contributed by atoms with E-state index in [9.17, 15) is 9.90 Å². The number of carbonyl (C=O) groups excluding carboxylic acids is 1. The molecule has 3 atom stereocenters. The maximum Gasteiger partial charge on any atom is 0.303 e. The van der Waals surface area contributed by atoms with E-state index in [1.54, 1.807) is 0 Å². The van der Waals surface area contributed by atoms with Crippen molar-refractivity contribution in [3.63, 3.8) is 0 Å². The van der Waals surface area contributed by atoms with Gasteiger partial charge in [-0.25, -0.2) is 0 Å². The number of ether oxygens (including phenoxy) is 1. The molecular formula is C32H29NO3. The molecule has 1 aliphatic heterocycles. The summed E-state index contributed by atoms with van der Waals surface area (Å²) in [4.78, 5) is 14.6. The van der Waals surface area contributed by atoms with Crippen LogP contribution in [-0.2, 0) is 21.5 Å². The largest absolute Gasteiger partial charge is 0.458 e. The Morgan fingerprint density at radius 1 is 0.833 bits per heavy atom. The second-order valence-corrected chi connectivity index (χ2v) is 9.72. The lowest BCUT2D eigenvalue weighted by Gasteiger charge is -2.45. The maximum atomic E-state index is 12.2. The lowest BCUT2D eigenvalue weighted by atomic mass is 9.78. The number of aliphatic hydroxyl groups excluding tert-OH is 1. The van der Waals surface area contributed by atoms with Crippen molar-refractivity contribution in [2.24, 2.45) is 0 Å². The fourth-order valence-electron chi connectivity index (χ4n) is 6.37. The molecule has 0 unspecified atom stereocenters. The summed E-state index contributed by atoms with van der Waals surface area (Å²) in [6.45, 7) is 1.80. The molecular weight excluding hydrogens is 446 g/mol. The lowest BCUT2D eigenvalue weighted by Crippen LogP contribution is -2.52. The number of aliphatic hydroxyl groups is 1. The Bertz CT molecular complexity index is 1340. The molecule has 4 heteroatoms. The zero-order valence-corrected chi connectivity index (χ0v) is 20.2. The third kappa shape index (κ3) is 3.48. The van der Waals surface area contributed by atoms with Crippen molar-refractivity contribution in [2.75, 3.05) is 6.54 Å². The van der Waals surface area contributed by atoms with E-state index in [-0.39, 0.29) is 12.0 Å². The Hall–Kier alpha value is -3.73. The van der Waals surface area contributed by atoms with Crippen LogP contribution in [0.4, 0.5) is 0 Å². The zero-order valence-electron chi connectivity index (χ0n) is 20.2. The van der Waals surface area contributed by atoms with Gasteiger partial charge in [0.15, 0.2) is 0 Å². The average molecular weight is 476 g/mol. The lowest BCUT2D eigenvalue weighted by molar-refractivity contribution is -0.152. The summed E-state index contributed by atoms with van der Waals surface area (Å²) >= 11 is 0. The number of likely N-dealkylation sites (tertiary alicyclic amines) is 1. The van der Waals surface area contributed by atoms with Crippen LogP contribution in [0, 0.1) is 0 Å². The molecule has 0 aromatic heterocycles. The van der Waals surface area contributed by atoms with Crippen LogP contribution in [0.3, 0.4) is 0 Å². The van der Waals surface area contributed by atoms with Gasteiger partial charge < -0.3 is 9.84 Å². The van der Waals surface area contributed by atoms with Gasteiger partial charge in [0, 0.05) is 13.5 Å². The predicted octanol–water partition coefficient (Wildman–Crippen LogP) is 5.18. The minimum absolute atomic E-state index is 0.231. The number of hydrogen-bond donors (Lipinski definition) is 1. The monoisotopic (exact) mass is 475 g/mol. The molecule has 4 nitrogen and oxygen atoms in total. The third-order valence-electron chi connectivity index (χ3n) is 7.68. The average Bonchev–Trinajstić information content (AvgIpc) is 3.37. The smallest absolute Gasteiger partial charge is 0.303 e. The van der Waals surface area contributed by atoms with Crippen molar-refractivity contribution >= 4 is 5.97 Å². The van der Waals surface area contributed by atoms with E-state index in [0.717, 1.165) is 11.1 Å². The molecule has 4 aromatic carbocycles. The first-order valence-electron chi connectivity index (χ1n) is 12.5. The molecule has 1 fully saturated rings. The summed E-state index contributed by atoms with van der Waals surface area (Å²) in [6, 6.07) is 37.6. The first kappa shape index (κ1) is 22.7. The maximum absolute atomic E-state index is 12.2. The van der Waals surface area contributed by atoms with Gasteiger partial charge in [0.1, 0.15) is 12.2 Å². The topological polar surface area (TPSA) is 49.8 Å². The van der Waals surface area contributed by atoms with E-state index in [1.165, 1.54) is 29.2 Å². The number of nitrogens with zero attached hydrogens (tertiary/aromatic N) is 1. The van der Waals surface area contributed by atoms with Crippen LogP contribution in [0.2, 0.25) is 0 Å². The Morgan fingerprint density at radius 2 is 1.36 bits per heavy atom. The summed E-state index contributed by atoms with van der Waals surface area (Å²) < 4.78 is 5.82. The number of β-amino-alcohol motifs (C(OH)–C–C–N with tert-alkyl or cyclic N) is 1. The predicted molar refractivity (Wildman–Crippen MR) is 140 cm³/mol. The Balaban J connectivity index is 1.61. The number of carbonyl (C=O) groups is 1. The standard InChI is InChI=1S/C32H29NO3/c1-22(34)36-31-29(20-23-12-4-2-5-13-23)33(21-30(31)35)32(24-14-6-3-7-15-24)27-18-10-8-16-25(27)26-17-9-11-19-28(26)32/h2-19,29-31,35H,20-21H2,1H3/t29-,30+,31-/m0/s1. The highest BCUT2D eigenvalue weighted by Crippen LogP contribution is 2.56. The van der Waals surface area contributed by atoms with Crippen molar-refractivity contribution in [3.8, 4) is 11.1 Å². The van der Waals surface area contributed by atoms with E-state index in [0.29, 0.717) is 13.0 Å². The molecule has 1 heterocycles. The summed E-state index contributed by atoms with van der Waals surface area (Å²) in [6.07, 6.45) is -0.791. The highest BCUT2D eigenvalue weighted by atomic mass is 16.6. The van der Waals surface area contributed by atoms with Gasteiger partial charge in [0.05, 0.1) is 11.6 Å². The molecule has 0 saturated carbocycles. The number of fused-ring (bicyclic) bond motifs is 3. The van der Waals surface area contributed by atoms with Crippen molar-refractivity contribution < 1.29 is 14.6 Å². The number of rotatable bonds is 5. The van der Waals surface area contributed by atoms with Gasteiger partial charge >= 0.3 is 5.97 Å². The SMILES string of the molecule is CC(=O)O[C@@H]1[C@H](O)CN(C2(c3ccccc3)c3ccccc3-c3ccccc32)[C@H]1Cc1ccccc1. The minimum atomic E-state index is -0.803. The van der Waals surface area contributed by atoms with Crippen molar-refractivity contribution in [1.29, 1.82) is 0 Å². The molecule has 1 N–H and O–H groups in total. The van der Waals surface area contributed by atoms with Gasteiger partial charge in [-0.15, -0.1) is 0 Å². The normalized spacial score (nSPS) is 22.1. The van der Waals surface area contributed by atoms with Gasteiger partial charge in [-0.1, -0.05) is 109 Å². The highest BCUT2D eigenvalue weighted by Gasteiger charge is 2.57. The van der Waals surface area contributed by atoms with E-state index in [2.05, 4.69) is 89.8 Å². The van der Waals surface area contributed by atoms with E-state index >= 15 is 0 Å². The molecule has 4 aromatic rings. The molecule has 180 valence electrons. The number of esters is 1. The molecule has 1 aliphatic carbocycles. The van der Waals surface area contributed by atoms with Crippen LogP contribution in [0.1, 0.15) is 29.2 Å². The second-order valence-electron chi connectivity index (χ2n) is 9.72. The number of benzene rings is 4. The molecule has 0 bridgehead atoms. The quantitative estimate of drug-likeness (QED) is 0.404. The van der Waals surface area contributed by atoms with Crippen LogP contribution >= 0.6 is 0 Å². The minimum Gasteiger partial charge on any atom is -0.458 e. The third-order valence-corrected chi connectivity index (χ3v) is 7.68. The Morgan fingerprint density at radius 3 is 1.94 bits per heavy atom. The molecule has 36 heavy (non-hydrogen) atoms. The molecule has 0 radical (unpaired) electrons. The van der Waals surface area contributed by atoms with Crippen LogP contribution in [0.25, 0.3) is 11.1 Å². The molecule has 2 aliphatic rings. The molecule has 0 spiro atoms.